The fourth-order valence-electron chi connectivity index (χ4n) is 2.32. The van der Waals surface area contributed by atoms with Crippen molar-refractivity contribution in [2.45, 2.75) is 19.9 Å². The van der Waals surface area contributed by atoms with E-state index >= 15 is 0 Å². The molecular weight excluding hydrogens is 214 g/mol. The topological polar surface area (TPSA) is 47.7 Å². The minimum atomic E-state index is 0.135. The second-order valence-electron chi connectivity index (χ2n) is 4.31. The van der Waals surface area contributed by atoms with Crippen molar-refractivity contribution in [2.75, 3.05) is 7.05 Å². The van der Waals surface area contributed by atoms with Gasteiger partial charge in [0.25, 0.3) is 0 Å². The summed E-state index contributed by atoms with van der Waals surface area (Å²) in [5.74, 6) is 0. The van der Waals surface area contributed by atoms with E-state index in [1.165, 1.54) is 11.3 Å². The minimum Gasteiger partial charge on any atom is -0.308 e. The van der Waals surface area contributed by atoms with Crippen LogP contribution >= 0.6 is 0 Å². The maximum absolute atomic E-state index is 4.47. The smallest absolute Gasteiger partial charge is 0.0781 e. The van der Waals surface area contributed by atoms with Crippen LogP contribution in [-0.4, -0.2) is 26.6 Å². The van der Waals surface area contributed by atoms with E-state index in [0.717, 1.165) is 11.4 Å². The summed E-state index contributed by atoms with van der Waals surface area (Å²) in [4.78, 5) is 0. The average Bonchev–Trinajstić information content (AvgIpc) is 2.79. The van der Waals surface area contributed by atoms with Crippen molar-refractivity contribution < 1.29 is 0 Å². The van der Waals surface area contributed by atoms with Crippen LogP contribution in [0.1, 0.15) is 28.7 Å². The first-order valence-electron chi connectivity index (χ1n) is 5.71. The number of hydrogen-bond acceptors (Lipinski definition) is 3. The molecule has 0 spiro atoms. The summed E-state index contributed by atoms with van der Waals surface area (Å²) in [6, 6.07) is 2.17. The van der Waals surface area contributed by atoms with Crippen molar-refractivity contribution in [2.24, 2.45) is 14.1 Å². The summed E-state index contributed by atoms with van der Waals surface area (Å²) in [6.07, 6.45) is 1.82. The van der Waals surface area contributed by atoms with Gasteiger partial charge in [-0.25, -0.2) is 0 Å². The molecule has 0 radical (unpaired) electrons. The van der Waals surface area contributed by atoms with E-state index in [-0.39, 0.29) is 6.04 Å². The Hall–Kier alpha value is -1.62. The van der Waals surface area contributed by atoms with Crippen LogP contribution in [0.2, 0.25) is 0 Å². The molecule has 0 bridgehead atoms. The third-order valence-electron chi connectivity index (χ3n) is 3.30. The van der Waals surface area contributed by atoms with Gasteiger partial charge in [-0.15, -0.1) is 0 Å². The highest BCUT2D eigenvalue weighted by molar-refractivity contribution is 5.34. The van der Waals surface area contributed by atoms with Crippen molar-refractivity contribution in [1.82, 2.24) is 24.9 Å². The Morgan fingerprint density at radius 2 is 1.94 bits per heavy atom. The van der Waals surface area contributed by atoms with Crippen LogP contribution in [0.4, 0.5) is 0 Å². The van der Waals surface area contributed by atoms with Crippen molar-refractivity contribution >= 4 is 0 Å². The molecule has 0 aliphatic rings. The lowest BCUT2D eigenvalue weighted by Crippen LogP contribution is -2.21. The van der Waals surface area contributed by atoms with E-state index in [1.807, 2.05) is 49.7 Å². The number of rotatable bonds is 3. The molecule has 0 saturated carbocycles. The molecule has 2 heterocycles. The van der Waals surface area contributed by atoms with Crippen LogP contribution in [-0.2, 0) is 14.1 Å². The molecule has 1 N–H and O–H groups in total. The molecule has 0 aliphatic carbocycles. The highest BCUT2D eigenvalue weighted by Gasteiger charge is 2.22. The van der Waals surface area contributed by atoms with Crippen molar-refractivity contribution in [3.05, 3.63) is 34.9 Å². The molecule has 2 aromatic heterocycles. The SMILES string of the molecule is CNC(c1c(C)nn(C)c1C)c1ccnn1C. The van der Waals surface area contributed by atoms with Crippen LogP contribution in [0, 0.1) is 13.8 Å². The lowest BCUT2D eigenvalue weighted by Gasteiger charge is -2.17. The van der Waals surface area contributed by atoms with Gasteiger partial charge < -0.3 is 5.32 Å². The standard InChI is InChI=1S/C12H19N5/c1-8-11(9(2)16(4)15-8)12(13-3)10-6-7-14-17(10)5/h6-7,12-13H,1-5H3. The third-order valence-corrected chi connectivity index (χ3v) is 3.30. The van der Waals surface area contributed by atoms with E-state index in [1.54, 1.807) is 0 Å². The monoisotopic (exact) mass is 233 g/mol. The van der Waals surface area contributed by atoms with Gasteiger partial charge in [0.2, 0.25) is 0 Å². The Morgan fingerprint density at radius 3 is 2.35 bits per heavy atom. The number of nitrogens with one attached hydrogen (secondary N) is 1. The van der Waals surface area contributed by atoms with Crippen molar-refractivity contribution in [3.8, 4) is 0 Å². The molecule has 0 aromatic carbocycles. The van der Waals surface area contributed by atoms with Crippen LogP contribution in [0.25, 0.3) is 0 Å². The van der Waals surface area contributed by atoms with Crippen LogP contribution in [0.3, 0.4) is 0 Å². The van der Waals surface area contributed by atoms with Gasteiger partial charge in [0.15, 0.2) is 0 Å². The number of nitrogens with zero attached hydrogens (tertiary/aromatic N) is 4. The van der Waals surface area contributed by atoms with Crippen molar-refractivity contribution in [3.63, 3.8) is 0 Å². The molecule has 17 heavy (non-hydrogen) atoms. The second kappa shape index (κ2) is 4.33. The third kappa shape index (κ3) is 1.86. The first-order chi connectivity index (χ1) is 8.06. The molecule has 1 unspecified atom stereocenters. The zero-order chi connectivity index (χ0) is 12.6. The first-order valence-corrected chi connectivity index (χ1v) is 5.71. The number of aryl methyl sites for hydroxylation is 3. The predicted octanol–water partition coefficient (Wildman–Crippen LogP) is 1.08. The molecule has 0 saturated heterocycles. The Bertz CT molecular complexity index is 523. The number of aromatic nitrogens is 4. The molecule has 5 heteroatoms. The molecule has 5 nitrogen and oxygen atoms in total. The lowest BCUT2D eigenvalue weighted by molar-refractivity contribution is 0.600. The van der Waals surface area contributed by atoms with E-state index in [9.17, 15) is 0 Å². The van der Waals surface area contributed by atoms with Gasteiger partial charge in [0.05, 0.1) is 17.4 Å². The Labute approximate surface area is 101 Å². The van der Waals surface area contributed by atoms with Gasteiger partial charge in [-0.2, -0.15) is 10.2 Å². The highest BCUT2D eigenvalue weighted by atomic mass is 15.3. The summed E-state index contributed by atoms with van der Waals surface area (Å²) in [5, 5.41) is 12.0. The summed E-state index contributed by atoms with van der Waals surface area (Å²) in [6.45, 7) is 4.14. The van der Waals surface area contributed by atoms with Gasteiger partial charge in [-0.05, 0) is 27.0 Å². The zero-order valence-corrected chi connectivity index (χ0v) is 11.0. The fraction of sp³-hybridized carbons (Fsp3) is 0.500. The fourth-order valence-corrected chi connectivity index (χ4v) is 2.32. The van der Waals surface area contributed by atoms with Gasteiger partial charge in [-0.3, -0.25) is 9.36 Å². The summed E-state index contributed by atoms with van der Waals surface area (Å²) >= 11 is 0. The second-order valence-corrected chi connectivity index (χ2v) is 4.31. The normalized spacial score (nSPS) is 13.0. The summed E-state index contributed by atoms with van der Waals surface area (Å²) < 4.78 is 3.82. The maximum atomic E-state index is 4.47. The summed E-state index contributed by atoms with van der Waals surface area (Å²) in [7, 11) is 5.89. The molecule has 2 aromatic rings. The van der Waals surface area contributed by atoms with E-state index < -0.39 is 0 Å². The van der Waals surface area contributed by atoms with Gasteiger partial charge in [0.1, 0.15) is 0 Å². The van der Waals surface area contributed by atoms with Gasteiger partial charge >= 0.3 is 0 Å². The molecular formula is C12H19N5. The van der Waals surface area contributed by atoms with E-state index in [2.05, 4.69) is 22.4 Å². The average molecular weight is 233 g/mol. The van der Waals surface area contributed by atoms with Crippen LogP contribution in [0.5, 0.6) is 0 Å². The molecule has 92 valence electrons. The molecule has 0 fully saturated rings. The van der Waals surface area contributed by atoms with Crippen LogP contribution in [0.15, 0.2) is 12.3 Å². The quantitative estimate of drug-likeness (QED) is 0.863. The zero-order valence-electron chi connectivity index (χ0n) is 11.0. The largest absolute Gasteiger partial charge is 0.308 e. The molecule has 2 rings (SSSR count). The predicted molar refractivity (Wildman–Crippen MR) is 66.8 cm³/mol. The van der Waals surface area contributed by atoms with Gasteiger partial charge in [-0.1, -0.05) is 0 Å². The van der Waals surface area contributed by atoms with Crippen LogP contribution < -0.4 is 5.32 Å². The highest BCUT2D eigenvalue weighted by Crippen LogP contribution is 2.26. The first kappa shape index (κ1) is 11.9. The van der Waals surface area contributed by atoms with E-state index in [0.29, 0.717) is 0 Å². The molecule has 0 amide bonds. The van der Waals surface area contributed by atoms with Crippen molar-refractivity contribution in [1.29, 1.82) is 0 Å². The minimum absolute atomic E-state index is 0.135. The Kier molecular flexibility index (Phi) is 3.02. The molecule has 1 atom stereocenters. The number of hydrogen-bond donors (Lipinski definition) is 1. The maximum Gasteiger partial charge on any atom is 0.0781 e. The Balaban J connectivity index is 2.53. The Morgan fingerprint density at radius 1 is 1.24 bits per heavy atom. The lowest BCUT2D eigenvalue weighted by atomic mass is 10.0. The van der Waals surface area contributed by atoms with Gasteiger partial charge in [0, 0.05) is 31.5 Å². The molecule has 0 aliphatic heterocycles. The summed E-state index contributed by atoms with van der Waals surface area (Å²) in [5.41, 5.74) is 4.62. The van der Waals surface area contributed by atoms with E-state index in [4.69, 9.17) is 0 Å².